The van der Waals surface area contributed by atoms with Gasteiger partial charge < -0.3 is 14.5 Å². The number of aryl methyl sites for hydroxylation is 2. The van der Waals surface area contributed by atoms with Gasteiger partial charge in [-0.05, 0) is 56.2 Å². The molecule has 1 aromatic heterocycles. The Hall–Kier alpha value is -1.45. The molecule has 1 N–H and O–H groups in total. The number of rotatable bonds is 6. The van der Waals surface area contributed by atoms with Gasteiger partial charge in [0.05, 0.1) is 12.3 Å². The first-order valence-corrected chi connectivity index (χ1v) is 7.12. The number of hydrogen-bond acceptors (Lipinski definition) is 3. The van der Waals surface area contributed by atoms with Gasteiger partial charge in [-0.3, -0.25) is 0 Å². The summed E-state index contributed by atoms with van der Waals surface area (Å²) >= 11 is 6.00. The van der Waals surface area contributed by atoms with Crippen LogP contribution in [0, 0.1) is 13.8 Å². The van der Waals surface area contributed by atoms with Crippen molar-refractivity contribution in [3.05, 3.63) is 52.4 Å². The molecule has 1 atom stereocenters. The van der Waals surface area contributed by atoms with Crippen LogP contribution in [0.1, 0.15) is 29.9 Å². The van der Waals surface area contributed by atoms with Gasteiger partial charge in [-0.25, -0.2) is 0 Å². The lowest BCUT2D eigenvalue weighted by Gasteiger charge is -2.15. The minimum absolute atomic E-state index is 0.181. The zero-order chi connectivity index (χ0) is 14.5. The largest absolute Gasteiger partial charge is 0.492 e. The lowest BCUT2D eigenvalue weighted by molar-refractivity contribution is 0.298. The molecule has 1 unspecified atom stereocenters. The molecule has 0 aliphatic rings. The van der Waals surface area contributed by atoms with Gasteiger partial charge in [-0.15, -0.1) is 0 Å². The van der Waals surface area contributed by atoms with Gasteiger partial charge in [0.2, 0.25) is 0 Å². The average molecular weight is 294 g/mol. The topological polar surface area (TPSA) is 34.4 Å². The van der Waals surface area contributed by atoms with Crippen LogP contribution in [0.4, 0.5) is 0 Å². The van der Waals surface area contributed by atoms with Crippen molar-refractivity contribution in [2.75, 3.05) is 13.2 Å². The summed E-state index contributed by atoms with van der Waals surface area (Å²) in [5.74, 6) is 1.85. The summed E-state index contributed by atoms with van der Waals surface area (Å²) in [6, 6.07) is 7.88. The van der Waals surface area contributed by atoms with E-state index < -0.39 is 0 Å². The maximum atomic E-state index is 6.00. The molecule has 0 aliphatic carbocycles. The molecule has 1 aromatic carbocycles. The molecule has 0 bridgehead atoms. The Morgan fingerprint density at radius 3 is 2.60 bits per heavy atom. The van der Waals surface area contributed by atoms with Crippen LogP contribution in [0.5, 0.6) is 5.75 Å². The first kappa shape index (κ1) is 14.9. The second-order valence-corrected chi connectivity index (χ2v) is 5.34. The van der Waals surface area contributed by atoms with E-state index in [-0.39, 0.29) is 6.04 Å². The summed E-state index contributed by atoms with van der Waals surface area (Å²) in [6.45, 7) is 7.44. The van der Waals surface area contributed by atoms with Crippen LogP contribution in [0.25, 0.3) is 0 Å². The molecule has 0 spiro atoms. The van der Waals surface area contributed by atoms with E-state index in [4.69, 9.17) is 20.8 Å². The molecule has 0 fully saturated rings. The van der Waals surface area contributed by atoms with Gasteiger partial charge in [0.15, 0.2) is 0 Å². The Kier molecular flexibility index (Phi) is 5.10. The Labute approximate surface area is 124 Å². The Morgan fingerprint density at radius 1 is 1.30 bits per heavy atom. The van der Waals surface area contributed by atoms with Gasteiger partial charge in [-0.2, -0.15) is 0 Å². The first-order valence-electron chi connectivity index (χ1n) is 6.74. The van der Waals surface area contributed by atoms with Crippen LogP contribution in [0.2, 0.25) is 5.02 Å². The van der Waals surface area contributed by atoms with Crippen LogP contribution in [-0.2, 0) is 0 Å². The molecule has 0 radical (unpaired) electrons. The normalized spacial score (nSPS) is 12.4. The number of benzene rings is 1. The maximum Gasteiger partial charge on any atom is 0.125 e. The van der Waals surface area contributed by atoms with Gasteiger partial charge >= 0.3 is 0 Å². The molecular weight excluding hydrogens is 274 g/mol. The molecule has 1 heterocycles. The number of hydrogen-bond donors (Lipinski definition) is 1. The Balaban J connectivity index is 1.82. The van der Waals surface area contributed by atoms with E-state index in [9.17, 15) is 0 Å². The third-order valence-electron chi connectivity index (χ3n) is 3.19. The van der Waals surface area contributed by atoms with Gasteiger partial charge in [0.1, 0.15) is 18.1 Å². The number of nitrogens with one attached hydrogen (secondary N) is 1. The SMILES string of the molecule is Cc1cc(Cl)cc(C)c1OCCNC(C)c1ccco1. The molecule has 2 aromatic rings. The van der Waals surface area contributed by atoms with E-state index in [1.807, 2.05) is 38.1 Å². The van der Waals surface area contributed by atoms with E-state index in [1.165, 1.54) is 0 Å². The molecule has 2 rings (SSSR count). The number of furan rings is 1. The minimum atomic E-state index is 0.181. The maximum absolute atomic E-state index is 6.00. The smallest absolute Gasteiger partial charge is 0.125 e. The Morgan fingerprint density at radius 2 is 2.00 bits per heavy atom. The van der Waals surface area contributed by atoms with E-state index in [0.29, 0.717) is 6.61 Å². The quantitative estimate of drug-likeness (QED) is 0.807. The van der Waals surface area contributed by atoms with Crippen LogP contribution >= 0.6 is 11.6 Å². The standard InChI is InChI=1S/C16H20ClNO2/c1-11-9-14(17)10-12(2)16(11)20-8-6-18-13(3)15-5-4-7-19-15/h4-5,7,9-10,13,18H,6,8H2,1-3H3. The summed E-state index contributed by atoms with van der Waals surface area (Å²) in [4.78, 5) is 0. The number of halogens is 1. The molecule has 0 amide bonds. The van der Waals surface area contributed by atoms with Crippen molar-refractivity contribution in [3.8, 4) is 5.75 Å². The molecular formula is C16H20ClNO2. The molecule has 0 saturated heterocycles. The lowest BCUT2D eigenvalue weighted by Crippen LogP contribution is -2.24. The van der Waals surface area contributed by atoms with E-state index in [0.717, 1.165) is 34.2 Å². The van der Waals surface area contributed by atoms with Crippen molar-refractivity contribution in [3.63, 3.8) is 0 Å². The highest BCUT2D eigenvalue weighted by Gasteiger charge is 2.08. The fourth-order valence-electron chi connectivity index (χ4n) is 2.19. The fraction of sp³-hybridized carbons (Fsp3) is 0.375. The second kappa shape index (κ2) is 6.82. The lowest BCUT2D eigenvalue weighted by atomic mass is 10.1. The highest BCUT2D eigenvalue weighted by Crippen LogP contribution is 2.26. The van der Waals surface area contributed by atoms with Crippen molar-refractivity contribution < 1.29 is 9.15 Å². The van der Waals surface area contributed by atoms with Crippen LogP contribution in [-0.4, -0.2) is 13.2 Å². The van der Waals surface area contributed by atoms with Crippen LogP contribution in [0.15, 0.2) is 34.9 Å². The monoisotopic (exact) mass is 293 g/mol. The summed E-state index contributed by atoms with van der Waals surface area (Å²) in [5, 5.41) is 4.11. The Bertz CT molecular complexity index is 529. The summed E-state index contributed by atoms with van der Waals surface area (Å²) in [6.07, 6.45) is 1.68. The highest BCUT2D eigenvalue weighted by molar-refractivity contribution is 6.30. The zero-order valence-electron chi connectivity index (χ0n) is 12.1. The predicted octanol–water partition coefficient (Wildman–Crippen LogP) is 4.28. The van der Waals surface area contributed by atoms with E-state index >= 15 is 0 Å². The predicted molar refractivity (Wildman–Crippen MR) is 81.5 cm³/mol. The van der Waals surface area contributed by atoms with Crippen molar-refractivity contribution in [2.45, 2.75) is 26.8 Å². The minimum Gasteiger partial charge on any atom is -0.492 e. The molecule has 4 heteroatoms. The van der Waals surface area contributed by atoms with Crippen molar-refractivity contribution in [1.29, 1.82) is 0 Å². The summed E-state index contributed by atoms with van der Waals surface area (Å²) in [7, 11) is 0. The fourth-order valence-corrected chi connectivity index (χ4v) is 2.52. The molecule has 20 heavy (non-hydrogen) atoms. The van der Waals surface area contributed by atoms with Gasteiger partial charge in [0, 0.05) is 11.6 Å². The first-order chi connectivity index (χ1) is 9.58. The third kappa shape index (κ3) is 3.78. The highest BCUT2D eigenvalue weighted by atomic mass is 35.5. The molecule has 0 saturated carbocycles. The van der Waals surface area contributed by atoms with Crippen molar-refractivity contribution in [1.82, 2.24) is 5.32 Å². The van der Waals surface area contributed by atoms with Gasteiger partial charge in [0.25, 0.3) is 0 Å². The van der Waals surface area contributed by atoms with Crippen LogP contribution < -0.4 is 10.1 Å². The summed E-state index contributed by atoms with van der Waals surface area (Å²) < 4.78 is 11.2. The molecule has 108 valence electrons. The van der Waals surface area contributed by atoms with E-state index in [2.05, 4.69) is 12.2 Å². The van der Waals surface area contributed by atoms with E-state index in [1.54, 1.807) is 6.26 Å². The van der Waals surface area contributed by atoms with Crippen molar-refractivity contribution >= 4 is 11.6 Å². The molecule has 0 aliphatic heterocycles. The second-order valence-electron chi connectivity index (χ2n) is 4.91. The van der Waals surface area contributed by atoms with Crippen molar-refractivity contribution in [2.24, 2.45) is 0 Å². The molecule has 3 nitrogen and oxygen atoms in total. The van der Waals surface area contributed by atoms with Gasteiger partial charge in [-0.1, -0.05) is 11.6 Å². The van der Waals surface area contributed by atoms with Crippen LogP contribution in [0.3, 0.4) is 0 Å². The summed E-state index contributed by atoms with van der Waals surface area (Å²) in [5.41, 5.74) is 2.13. The average Bonchev–Trinajstić information content (AvgIpc) is 2.90. The third-order valence-corrected chi connectivity index (χ3v) is 3.41. The number of ether oxygens (including phenoxy) is 1. The zero-order valence-corrected chi connectivity index (χ0v) is 12.8.